The predicted molar refractivity (Wildman–Crippen MR) is 106 cm³/mol. The van der Waals surface area contributed by atoms with E-state index in [1.807, 2.05) is 18.2 Å². The van der Waals surface area contributed by atoms with Crippen LogP contribution in [0, 0.1) is 0 Å². The second kappa shape index (κ2) is 7.87. The summed E-state index contributed by atoms with van der Waals surface area (Å²) in [7, 11) is 0. The number of anilines is 1. The molecule has 2 aromatic heterocycles. The van der Waals surface area contributed by atoms with Crippen LogP contribution in [-0.4, -0.2) is 27.0 Å². The van der Waals surface area contributed by atoms with Crippen LogP contribution in [0.4, 0.5) is 10.5 Å². The number of halogens is 1. The van der Waals surface area contributed by atoms with Gasteiger partial charge in [0, 0.05) is 28.5 Å². The molecule has 1 fully saturated rings. The second-order valence-electron chi connectivity index (χ2n) is 6.41. The molecular weight excluding hydrogens is 410 g/mol. The lowest BCUT2D eigenvalue weighted by Gasteiger charge is -2.13. The first kappa shape index (κ1) is 17.7. The largest absolute Gasteiger partial charge is 0.438 e. The maximum Gasteiger partial charge on any atom is 0.319 e. The van der Waals surface area contributed by atoms with Gasteiger partial charge in [0.2, 0.25) is 5.88 Å². The van der Waals surface area contributed by atoms with Crippen LogP contribution >= 0.6 is 15.9 Å². The maximum absolute atomic E-state index is 12.2. The minimum atomic E-state index is -0.195. The average molecular weight is 428 g/mol. The molecule has 1 saturated carbocycles. The third-order valence-electron chi connectivity index (χ3n) is 4.42. The van der Waals surface area contributed by atoms with Crippen molar-refractivity contribution in [2.45, 2.75) is 31.7 Å². The number of carbonyl (C=O) groups excluding carboxylic acids is 1. The predicted octanol–water partition coefficient (Wildman–Crippen LogP) is 4.64. The first-order valence-electron chi connectivity index (χ1n) is 8.79. The Morgan fingerprint density at radius 3 is 2.85 bits per heavy atom. The smallest absolute Gasteiger partial charge is 0.319 e. The highest BCUT2D eigenvalue weighted by Crippen LogP contribution is 2.29. The number of nitrogens with one attached hydrogen (secondary N) is 2. The Labute approximate surface area is 164 Å². The Kier molecular flexibility index (Phi) is 5.15. The maximum atomic E-state index is 12.2. The number of ether oxygens (including phenoxy) is 1. The molecule has 4 rings (SSSR count). The molecule has 7 nitrogen and oxygen atoms in total. The van der Waals surface area contributed by atoms with Gasteiger partial charge in [0.15, 0.2) is 5.65 Å². The number of pyridine rings is 1. The summed E-state index contributed by atoms with van der Waals surface area (Å²) < 4.78 is 6.73. The molecule has 0 spiro atoms. The topological polar surface area (TPSA) is 89.0 Å². The van der Waals surface area contributed by atoms with Crippen molar-refractivity contribution in [2.24, 2.45) is 0 Å². The molecule has 0 saturated heterocycles. The fraction of sp³-hybridized carbons (Fsp3) is 0.263. The summed E-state index contributed by atoms with van der Waals surface area (Å²) in [5.41, 5.74) is 1.20. The van der Waals surface area contributed by atoms with E-state index in [2.05, 4.69) is 41.5 Å². The van der Waals surface area contributed by atoms with Gasteiger partial charge in [0.25, 0.3) is 0 Å². The molecular formula is C19H18BrN5O2. The molecule has 3 aromatic rings. The van der Waals surface area contributed by atoms with Crippen molar-refractivity contribution in [2.75, 3.05) is 5.32 Å². The fourth-order valence-corrected chi connectivity index (χ4v) is 3.48. The van der Waals surface area contributed by atoms with Crippen LogP contribution in [0.3, 0.4) is 0 Å². The number of fused-ring (bicyclic) bond motifs is 1. The van der Waals surface area contributed by atoms with Crippen LogP contribution in [0.2, 0.25) is 0 Å². The van der Waals surface area contributed by atoms with E-state index >= 15 is 0 Å². The van der Waals surface area contributed by atoms with E-state index in [0.717, 1.165) is 17.3 Å². The highest BCUT2D eigenvalue weighted by Gasteiger charge is 2.17. The first-order chi connectivity index (χ1) is 13.2. The van der Waals surface area contributed by atoms with Gasteiger partial charge in [-0.3, -0.25) is 0 Å². The van der Waals surface area contributed by atoms with Gasteiger partial charge in [0.05, 0.1) is 5.39 Å². The van der Waals surface area contributed by atoms with E-state index < -0.39 is 0 Å². The third-order valence-corrected chi connectivity index (χ3v) is 4.85. The molecule has 2 amide bonds. The number of rotatable bonds is 4. The molecule has 0 radical (unpaired) electrons. The number of hydrogen-bond donors (Lipinski definition) is 2. The molecule has 0 atom stereocenters. The highest BCUT2D eigenvalue weighted by molar-refractivity contribution is 9.10. The molecule has 0 bridgehead atoms. The Bertz CT molecular complexity index is 975. The SMILES string of the molecule is O=C(Nc1cccc(Oc2ncnc3ncc(Br)cc23)c1)NC1CCCC1. The third kappa shape index (κ3) is 4.33. The fourth-order valence-electron chi connectivity index (χ4n) is 3.15. The summed E-state index contributed by atoms with van der Waals surface area (Å²) in [6.45, 7) is 0. The van der Waals surface area contributed by atoms with Crippen molar-refractivity contribution in [3.8, 4) is 11.6 Å². The van der Waals surface area contributed by atoms with E-state index in [9.17, 15) is 4.79 Å². The molecule has 1 aliphatic rings. The number of aromatic nitrogens is 3. The van der Waals surface area contributed by atoms with Gasteiger partial charge in [-0.1, -0.05) is 18.9 Å². The van der Waals surface area contributed by atoms with Crippen LogP contribution in [0.5, 0.6) is 11.6 Å². The zero-order valence-electron chi connectivity index (χ0n) is 14.5. The van der Waals surface area contributed by atoms with Gasteiger partial charge in [-0.05, 0) is 47.0 Å². The Morgan fingerprint density at radius 2 is 2.00 bits per heavy atom. The lowest BCUT2D eigenvalue weighted by molar-refractivity contribution is 0.248. The van der Waals surface area contributed by atoms with Gasteiger partial charge in [-0.25, -0.2) is 19.7 Å². The van der Waals surface area contributed by atoms with Crippen LogP contribution in [0.25, 0.3) is 11.0 Å². The number of carbonyl (C=O) groups is 1. The van der Waals surface area contributed by atoms with E-state index in [1.165, 1.54) is 19.2 Å². The number of amides is 2. The van der Waals surface area contributed by atoms with Gasteiger partial charge in [-0.15, -0.1) is 0 Å². The summed E-state index contributed by atoms with van der Waals surface area (Å²) in [5, 5.41) is 6.56. The summed E-state index contributed by atoms with van der Waals surface area (Å²) in [5.74, 6) is 0.968. The van der Waals surface area contributed by atoms with Crippen LogP contribution < -0.4 is 15.4 Å². The Balaban J connectivity index is 1.49. The van der Waals surface area contributed by atoms with Gasteiger partial charge < -0.3 is 15.4 Å². The quantitative estimate of drug-likeness (QED) is 0.632. The van der Waals surface area contributed by atoms with Crippen LogP contribution in [-0.2, 0) is 0 Å². The summed E-state index contributed by atoms with van der Waals surface area (Å²) >= 11 is 3.40. The number of hydrogen-bond acceptors (Lipinski definition) is 5. The van der Waals surface area contributed by atoms with Crippen molar-refractivity contribution >= 4 is 38.7 Å². The minimum absolute atomic E-state index is 0.195. The lowest BCUT2D eigenvalue weighted by atomic mass is 10.2. The van der Waals surface area contributed by atoms with Crippen molar-refractivity contribution in [1.29, 1.82) is 0 Å². The number of nitrogens with zero attached hydrogens (tertiary/aromatic N) is 3. The zero-order chi connectivity index (χ0) is 18.6. The van der Waals surface area contributed by atoms with Gasteiger partial charge in [-0.2, -0.15) is 0 Å². The Morgan fingerprint density at radius 1 is 1.15 bits per heavy atom. The standard InChI is InChI=1S/C19H18BrN5O2/c20-12-8-16-17(21-10-12)22-11-23-18(16)27-15-7-3-6-14(9-15)25-19(26)24-13-4-1-2-5-13/h3,6-11,13H,1-2,4-5H2,(H2,24,25,26). The van der Waals surface area contributed by atoms with Gasteiger partial charge >= 0.3 is 6.03 Å². The van der Waals surface area contributed by atoms with Crippen molar-refractivity contribution in [3.63, 3.8) is 0 Å². The molecule has 2 heterocycles. The zero-order valence-corrected chi connectivity index (χ0v) is 16.1. The molecule has 1 aromatic carbocycles. The van der Waals surface area contributed by atoms with Crippen LogP contribution in [0.15, 0.2) is 47.3 Å². The lowest BCUT2D eigenvalue weighted by Crippen LogP contribution is -2.36. The van der Waals surface area contributed by atoms with Crippen molar-refractivity contribution in [1.82, 2.24) is 20.3 Å². The molecule has 0 aliphatic heterocycles. The van der Waals surface area contributed by atoms with E-state index in [1.54, 1.807) is 18.3 Å². The van der Waals surface area contributed by atoms with Gasteiger partial charge in [0.1, 0.15) is 12.1 Å². The summed E-state index contributed by atoms with van der Waals surface area (Å²) in [4.78, 5) is 24.7. The average Bonchev–Trinajstić information content (AvgIpc) is 3.15. The first-order valence-corrected chi connectivity index (χ1v) is 9.58. The van der Waals surface area contributed by atoms with Crippen molar-refractivity contribution in [3.05, 3.63) is 47.3 Å². The molecule has 27 heavy (non-hydrogen) atoms. The monoisotopic (exact) mass is 427 g/mol. The van der Waals surface area contributed by atoms with Crippen molar-refractivity contribution < 1.29 is 9.53 Å². The normalized spacial score (nSPS) is 14.3. The molecule has 0 unspecified atom stereocenters. The molecule has 1 aliphatic carbocycles. The number of urea groups is 1. The Hall–Kier alpha value is -2.74. The van der Waals surface area contributed by atoms with E-state index in [-0.39, 0.29) is 12.1 Å². The molecule has 138 valence electrons. The molecule has 8 heteroatoms. The summed E-state index contributed by atoms with van der Waals surface area (Å²) in [6, 6.07) is 9.12. The van der Waals surface area contributed by atoms with E-state index in [4.69, 9.17) is 4.74 Å². The molecule has 2 N–H and O–H groups in total. The number of benzene rings is 1. The summed E-state index contributed by atoms with van der Waals surface area (Å²) in [6.07, 6.45) is 7.52. The minimum Gasteiger partial charge on any atom is -0.438 e. The highest BCUT2D eigenvalue weighted by atomic mass is 79.9. The second-order valence-corrected chi connectivity index (χ2v) is 7.33. The van der Waals surface area contributed by atoms with Crippen LogP contribution in [0.1, 0.15) is 25.7 Å². The van der Waals surface area contributed by atoms with E-state index in [0.29, 0.717) is 28.4 Å².